The Kier molecular flexibility index (Phi) is 7.89. The molecule has 0 heterocycles. The Balaban J connectivity index is 2.04. The van der Waals surface area contributed by atoms with Crippen LogP contribution in [0.4, 0.5) is 0 Å². The Morgan fingerprint density at radius 3 is 2.26 bits per heavy atom. The Bertz CT molecular complexity index is 396. The third kappa shape index (κ3) is 7.62. The van der Waals surface area contributed by atoms with Crippen molar-refractivity contribution in [3.63, 3.8) is 0 Å². The van der Waals surface area contributed by atoms with Gasteiger partial charge in [-0.1, -0.05) is 46.3 Å². The molecule has 104 valence electrons. The zero-order valence-corrected chi connectivity index (χ0v) is 12.4. The van der Waals surface area contributed by atoms with Gasteiger partial charge in [-0.25, -0.2) is 0 Å². The molecule has 2 N–H and O–H groups in total. The van der Waals surface area contributed by atoms with Crippen LogP contribution < -0.4 is 10.6 Å². The van der Waals surface area contributed by atoms with Crippen LogP contribution in [0.1, 0.15) is 18.4 Å². The third-order valence-electron chi connectivity index (χ3n) is 2.60. The summed E-state index contributed by atoms with van der Waals surface area (Å²) in [4.78, 5) is 22.5. The van der Waals surface area contributed by atoms with Crippen molar-refractivity contribution < 1.29 is 9.59 Å². The van der Waals surface area contributed by atoms with E-state index < -0.39 is 0 Å². The number of halogens is 1. The summed E-state index contributed by atoms with van der Waals surface area (Å²) in [6.45, 7) is 1.18. The van der Waals surface area contributed by atoms with Crippen molar-refractivity contribution in [1.29, 1.82) is 0 Å². The van der Waals surface area contributed by atoms with E-state index >= 15 is 0 Å². The largest absolute Gasteiger partial charge is 0.356 e. The Morgan fingerprint density at radius 2 is 1.63 bits per heavy atom. The Morgan fingerprint density at radius 1 is 1.00 bits per heavy atom. The van der Waals surface area contributed by atoms with Crippen molar-refractivity contribution in [1.82, 2.24) is 10.6 Å². The lowest BCUT2D eigenvalue weighted by Gasteiger charge is -2.06. The second kappa shape index (κ2) is 9.55. The molecule has 0 aromatic heterocycles. The molecule has 0 radical (unpaired) electrons. The van der Waals surface area contributed by atoms with Gasteiger partial charge in [0.15, 0.2) is 0 Å². The highest BCUT2D eigenvalue weighted by molar-refractivity contribution is 9.09. The average Bonchev–Trinajstić information content (AvgIpc) is 2.45. The van der Waals surface area contributed by atoms with E-state index in [0.29, 0.717) is 24.8 Å². The Labute approximate surface area is 122 Å². The summed E-state index contributed by atoms with van der Waals surface area (Å²) in [5, 5.41) is 5.89. The van der Waals surface area contributed by atoms with Crippen molar-refractivity contribution in [3.8, 4) is 0 Å². The number of carbonyl (C=O) groups excluding carboxylic acids is 2. The van der Waals surface area contributed by atoms with Crippen LogP contribution in [-0.2, 0) is 16.0 Å². The van der Waals surface area contributed by atoms with Crippen molar-refractivity contribution in [3.05, 3.63) is 35.9 Å². The molecule has 0 aliphatic heterocycles. The van der Waals surface area contributed by atoms with Crippen molar-refractivity contribution in [2.75, 3.05) is 18.4 Å². The summed E-state index contributed by atoms with van der Waals surface area (Å²) in [5.74, 6) is 0.0195. The molecule has 0 aliphatic rings. The molecule has 0 bridgehead atoms. The third-order valence-corrected chi connectivity index (χ3v) is 3.11. The van der Waals surface area contributed by atoms with Crippen molar-refractivity contribution in [2.45, 2.75) is 19.3 Å². The monoisotopic (exact) mass is 326 g/mol. The topological polar surface area (TPSA) is 58.2 Å². The van der Waals surface area contributed by atoms with Crippen LogP contribution in [0.15, 0.2) is 30.3 Å². The predicted molar refractivity (Wildman–Crippen MR) is 79.2 cm³/mol. The molecule has 0 aliphatic carbocycles. The molecule has 0 saturated carbocycles. The number of nitrogens with one attached hydrogen (secondary N) is 2. The molecule has 0 saturated heterocycles. The van der Waals surface area contributed by atoms with Gasteiger partial charge in [0.1, 0.15) is 0 Å². The molecule has 0 atom stereocenters. The highest BCUT2D eigenvalue weighted by Gasteiger charge is 2.01. The summed E-state index contributed by atoms with van der Waals surface area (Å²) in [6, 6.07) is 9.94. The van der Waals surface area contributed by atoms with Crippen LogP contribution in [0.5, 0.6) is 0 Å². The first-order valence-corrected chi connectivity index (χ1v) is 7.48. The summed E-state index contributed by atoms with van der Waals surface area (Å²) in [6.07, 6.45) is 2.00. The van der Waals surface area contributed by atoms with Gasteiger partial charge in [-0.15, -0.1) is 0 Å². The molecule has 4 nitrogen and oxygen atoms in total. The number of rotatable bonds is 8. The van der Waals surface area contributed by atoms with Gasteiger partial charge < -0.3 is 10.6 Å². The van der Waals surface area contributed by atoms with Gasteiger partial charge in [-0.05, 0) is 18.4 Å². The van der Waals surface area contributed by atoms with Crippen LogP contribution in [0.2, 0.25) is 0 Å². The fourth-order valence-electron chi connectivity index (χ4n) is 1.58. The molecule has 2 amide bonds. The van der Waals surface area contributed by atoms with E-state index in [4.69, 9.17) is 0 Å². The minimum Gasteiger partial charge on any atom is -0.356 e. The second-order valence-electron chi connectivity index (χ2n) is 4.17. The number of hydrogen-bond acceptors (Lipinski definition) is 2. The number of hydrogen-bond donors (Lipinski definition) is 2. The van der Waals surface area contributed by atoms with E-state index in [0.717, 1.165) is 12.8 Å². The first-order chi connectivity index (χ1) is 9.22. The molecule has 19 heavy (non-hydrogen) atoms. The van der Waals surface area contributed by atoms with Crippen LogP contribution >= 0.6 is 15.9 Å². The average molecular weight is 327 g/mol. The molecule has 0 unspecified atom stereocenters. The van der Waals surface area contributed by atoms with Gasteiger partial charge in [-0.3, -0.25) is 9.59 Å². The van der Waals surface area contributed by atoms with Gasteiger partial charge in [0.25, 0.3) is 0 Å². The number of aryl methyl sites for hydroxylation is 1. The van der Waals surface area contributed by atoms with E-state index in [1.165, 1.54) is 5.56 Å². The number of benzene rings is 1. The molecular weight excluding hydrogens is 308 g/mol. The van der Waals surface area contributed by atoms with Crippen molar-refractivity contribution in [2.24, 2.45) is 0 Å². The summed E-state index contributed by atoms with van der Waals surface area (Å²) < 4.78 is 0. The van der Waals surface area contributed by atoms with Gasteiger partial charge >= 0.3 is 0 Å². The Hall–Kier alpha value is -1.36. The lowest BCUT2D eigenvalue weighted by atomic mass is 10.1. The van der Waals surface area contributed by atoms with Crippen LogP contribution in [0.3, 0.4) is 0 Å². The van der Waals surface area contributed by atoms with Gasteiger partial charge in [-0.2, -0.15) is 0 Å². The standard InChI is InChI=1S/C14H19BrN2O2/c15-11-14(19)17-10-4-9-16-13(18)8-7-12-5-2-1-3-6-12/h1-3,5-6H,4,7-11H2,(H,16,18)(H,17,19). The highest BCUT2D eigenvalue weighted by Crippen LogP contribution is 2.01. The second-order valence-corrected chi connectivity index (χ2v) is 4.73. The van der Waals surface area contributed by atoms with Crippen LogP contribution in [0, 0.1) is 0 Å². The molecule has 1 aromatic rings. The zero-order valence-electron chi connectivity index (χ0n) is 10.8. The summed E-state index contributed by atoms with van der Waals surface area (Å²) >= 11 is 3.07. The summed E-state index contributed by atoms with van der Waals surface area (Å²) in [5.41, 5.74) is 1.17. The number of alkyl halides is 1. The van der Waals surface area contributed by atoms with E-state index in [1.807, 2.05) is 30.3 Å². The normalized spacial score (nSPS) is 9.95. The molecule has 0 fully saturated rings. The number of amides is 2. The SMILES string of the molecule is O=C(CBr)NCCCNC(=O)CCc1ccccc1. The maximum Gasteiger partial charge on any atom is 0.230 e. The van der Waals surface area contributed by atoms with Gasteiger partial charge in [0.2, 0.25) is 11.8 Å². The van der Waals surface area contributed by atoms with Gasteiger partial charge in [0, 0.05) is 19.5 Å². The van der Waals surface area contributed by atoms with Crippen molar-refractivity contribution >= 4 is 27.7 Å². The maximum absolute atomic E-state index is 11.6. The summed E-state index contributed by atoms with van der Waals surface area (Å²) in [7, 11) is 0. The minimum absolute atomic E-state index is 0.0320. The number of carbonyl (C=O) groups is 2. The maximum atomic E-state index is 11.6. The molecule has 0 spiro atoms. The smallest absolute Gasteiger partial charge is 0.230 e. The first-order valence-electron chi connectivity index (χ1n) is 6.35. The van der Waals surface area contributed by atoms with E-state index in [-0.39, 0.29) is 11.8 Å². The molecule has 5 heteroatoms. The quantitative estimate of drug-likeness (QED) is 0.563. The molecule has 1 rings (SSSR count). The minimum atomic E-state index is -0.0320. The van der Waals surface area contributed by atoms with Crippen LogP contribution in [-0.4, -0.2) is 30.2 Å². The van der Waals surface area contributed by atoms with Gasteiger partial charge in [0.05, 0.1) is 5.33 Å². The predicted octanol–water partition coefficient (Wildman–Crippen LogP) is 1.64. The first kappa shape index (κ1) is 15.7. The van der Waals surface area contributed by atoms with E-state index in [1.54, 1.807) is 0 Å². The fraction of sp³-hybridized carbons (Fsp3) is 0.429. The van der Waals surface area contributed by atoms with E-state index in [2.05, 4.69) is 26.6 Å². The highest BCUT2D eigenvalue weighted by atomic mass is 79.9. The molecule has 1 aromatic carbocycles. The lowest BCUT2D eigenvalue weighted by Crippen LogP contribution is -2.30. The van der Waals surface area contributed by atoms with Crippen LogP contribution in [0.25, 0.3) is 0 Å². The molecular formula is C14H19BrN2O2. The lowest BCUT2D eigenvalue weighted by molar-refractivity contribution is -0.121. The van der Waals surface area contributed by atoms with E-state index in [9.17, 15) is 9.59 Å². The zero-order chi connectivity index (χ0) is 13.9. The fourth-order valence-corrected chi connectivity index (χ4v) is 1.78.